The van der Waals surface area contributed by atoms with Gasteiger partial charge in [-0.2, -0.15) is 0 Å². The quantitative estimate of drug-likeness (QED) is 0.838. The number of hydrogen-bond acceptors (Lipinski definition) is 5. The number of esters is 1. The number of carbonyl (C=O) groups excluding carboxylic acids is 2. The Morgan fingerprint density at radius 2 is 1.83 bits per heavy atom. The van der Waals surface area contributed by atoms with E-state index in [0.717, 1.165) is 5.56 Å². The minimum absolute atomic E-state index is 0.0302. The van der Waals surface area contributed by atoms with Crippen molar-refractivity contribution in [2.75, 3.05) is 7.11 Å². The van der Waals surface area contributed by atoms with E-state index in [2.05, 4.69) is 10.1 Å². The maximum Gasteiger partial charge on any atom is 0.407 e. The summed E-state index contributed by atoms with van der Waals surface area (Å²) in [5.74, 6) is -0.498. The van der Waals surface area contributed by atoms with Gasteiger partial charge in [-0.25, -0.2) is 9.59 Å². The summed E-state index contributed by atoms with van der Waals surface area (Å²) in [7, 11) is 1.27. The van der Waals surface area contributed by atoms with Crippen LogP contribution in [0.1, 0.15) is 32.3 Å². The molecule has 4 atom stereocenters. The maximum absolute atomic E-state index is 12.5. The molecule has 0 aliphatic carbocycles. The lowest BCUT2D eigenvalue weighted by Crippen LogP contribution is -2.50. The fraction of sp³-hybridized carbons (Fsp3) is 0.556. The lowest BCUT2D eigenvalue weighted by atomic mass is 9.86. The zero-order valence-electron chi connectivity index (χ0n) is 14.4. The van der Waals surface area contributed by atoms with Crippen molar-refractivity contribution < 1.29 is 23.8 Å². The number of nitrogens with one attached hydrogen (secondary N) is 1. The molecule has 24 heavy (non-hydrogen) atoms. The number of alkyl carbamates (subject to hydrolysis) is 1. The van der Waals surface area contributed by atoms with Crippen molar-refractivity contribution in [3.05, 3.63) is 35.9 Å². The molecule has 1 saturated heterocycles. The minimum atomic E-state index is -0.741. The number of benzene rings is 1. The topological polar surface area (TPSA) is 73.9 Å². The fourth-order valence-corrected chi connectivity index (χ4v) is 3.10. The van der Waals surface area contributed by atoms with Gasteiger partial charge in [-0.3, -0.25) is 0 Å². The van der Waals surface area contributed by atoms with Crippen LogP contribution in [0.4, 0.5) is 4.79 Å². The standard InChI is InChI=1S/C18H25NO5/c1-12-9-15(10-13(2)24-12)16(19-18(21)22-3)17(20)23-11-14-7-5-4-6-8-14/h4-8,12-13,15-16H,9-11H2,1-3H3,(H,19,21)/t12-,13+,15?,16?. The third-order valence-corrected chi connectivity index (χ3v) is 4.14. The van der Waals surface area contributed by atoms with Crippen LogP contribution in [0.5, 0.6) is 0 Å². The van der Waals surface area contributed by atoms with Gasteiger partial charge in [0.15, 0.2) is 0 Å². The Kier molecular flexibility index (Phi) is 6.61. The molecular formula is C18H25NO5. The first kappa shape index (κ1) is 18.3. The van der Waals surface area contributed by atoms with Crippen LogP contribution in [0.25, 0.3) is 0 Å². The smallest absolute Gasteiger partial charge is 0.407 e. The van der Waals surface area contributed by atoms with Crippen molar-refractivity contribution in [1.82, 2.24) is 5.32 Å². The Morgan fingerprint density at radius 3 is 2.42 bits per heavy atom. The van der Waals surface area contributed by atoms with Gasteiger partial charge in [0.05, 0.1) is 19.3 Å². The number of methoxy groups -OCH3 is 1. The third kappa shape index (κ3) is 5.23. The van der Waals surface area contributed by atoms with Crippen molar-refractivity contribution in [2.24, 2.45) is 5.92 Å². The number of ether oxygens (including phenoxy) is 3. The van der Waals surface area contributed by atoms with Crippen LogP contribution in [0.15, 0.2) is 30.3 Å². The van der Waals surface area contributed by atoms with E-state index in [1.807, 2.05) is 44.2 Å². The predicted molar refractivity (Wildman–Crippen MR) is 88.3 cm³/mol. The normalized spacial score (nSPS) is 24.7. The summed E-state index contributed by atoms with van der Waals surface area (Å²) in [5.41, 5.74) is 0.899. The monoisotopic (exact) mass is 335 g/mol. The number of hydrogen-bond donors (Lipinski definition) is 1. The summed E-state index contributed by atoms with van der Waals surface area (Å²) < 4.78 is 15.8. The predicted octanol–water partition coefficient (Wildman–Crippen LogP) is 2.66. The zero-order chi connectivity index (χ0) is 17.5. The molecule has 0 spiro atoms. The lowest BCUT2D eigenvalue weighted by Gasteiger charge is -2.35. The van der Waals surface area contributed by atoms with Crippen LogP contribution in [-0.4, -0.2) is 37.4 Å². The van der Waals surface area contributed by atoms with Crippen molar-refractivity contribution in [1.29, 1.82) is 0 Å². The number of carbonyl (C=O) groups is 2. The zero-order valence-corrected chi connectivity index (χ0v) is 14.4. The minimum Gasteiger partial charge on any atom is -0.459 e. The molecule has 1 aliphatic heterocycles. The molecule has 1 heterocycles. The number of rotatable bonds is 5. The fourth-order valence-electron chi connectivity index (χ4n) is 3.10. The van der Waals surface area contributed by atoms with Crippen LogP contribution in [-0.2, 0) is 25.6 Å². The molecule has 1 amide bonds. The highest BCUT2D eigenvalue weighted by atomic mass is 16.5. The van der Waals surface area contributed by atoms with Gasteiger partial charge in [-0.1, -0.05) is 30.3 Å². The molecule has 1 aliphatic rings. The lowest BCUT2D eigenvalue weighted by molar-refractivity contribution is -0.151. The van der Waals surface area contributed by atoms with Crippen LogP contribution < -0.4 is 5.32 Å². The van der Waals surface area contributed by atoms with Gasteiger partial charge in [-0.15, -0.1) is 0 Å². The molecule has 0 aromatic heterocycles. The Labute approximate surface area is 142 Å². The van der Waals surface area contributed by atoms with Crippen LogP contribution in [0.3, 0.4) is 0 Å². The first-order valence-electron chi connectivity index (χ1n) is 8.20. The molecule has 6 heteroatoms. The molecule has 6 nitrogen and oxygen atoms in total. The van der Waals surface area contributed by atoms with E-state index in [-0.39, 0.29) is 24.7 Å². The maximum atomic E-state index is 12.5. The van der Waals surface area contributed by atoms with E-state index in [0.29, 0.717) is 12.8 Å². The summed E-state index contributed by atoms with van der Waals surface area (Å²) in [5, 5.41) is 2.62. The van der Waals surface area contributed by atoms with Crippen molar-refractivity contribution >= 4 is 12.1 Å². The highest BCUT2D eigenvalue weighted by Crippen LogP contribution is 2.28. The average Bonchev–Trinajstić information content (AvgIpc) is 2.57. The highest BCUT2D eigenvalue weighted by molar-refractivity contribution is 5.81. The van der Waals surface area contributed by atoms with Crippen LogP contribution >= 0.6 is 0 Å². The Balaban J connectivity index is 2.03. The highest BCUT2D eigenvalue weighted by Gasteiger charge is 2.36. The molecule has 132 valence electrons. The van der Waals surface area contributed by atoms with Crippen molar-refractivity contribution in [3.8, 4) is 0 Å². The molecule has 1 fully saturated rings. The van der Waals surface area contributed by atoms with Gasteiger partial charge in [0, 0.05) is 0 Å². The van der Waals surface area contributed by atoms with Crippen molar-refractivity contribution in [2.45, 2.75) is 51.5 Å². The Bertz CT molecular complexity index is 538. The molecule has 0 saturated carbocycles. The Morgan fingerprint density at radius 1 is 1.21 bits per heavy atom. The molecule has 2 rings (SSSR count). The van der Waals surface area contributed by atoms with Gasteiger partial charge < -0.3 is 19.5 Å². The van der Waals surface area contributed by atoms with Gasteiger partial charge in [0.2, 0.25) is 0 Å². The van der Waals surface area contributed by atoms with Gasteiger partial charge >= 0.3 is 12.1 Å². The van der Waals surface area contributed by atoms with Crippen LogP contribution in [0.2, 0.25) is 0 Å². The summed E-state index contributed by atoms with van der Waals surface area (Å²) in [6.45, 7) is 4.10. The second-order valence-corrected chi connectivity index (χ2v) is 6.20. The molecule has 1 N–H and O–H groups in total. The largest absolute Gasteiger partial charge is 0.459 e. The molecule has 1 aromatic rings. The van der Waals surface area contributed by atoms with Crippen molar-refractivity contribution in [3.63, 3.8) is 0 Å². The average molecular weight is 335 g/mol. The molecule has 0 bridgehead atoms. The Hall–Kier alpha value is -2.08. The van der Waals surface area contributed by atoms with Gasteiger partial charge in [0.1, 0.15) is 12.6 Å². The summed E-state index contributed by atoms with van der Waals surface area (Å²) in [4.78, 5) is 24.2. The summed E-state index contributed by atoms with van der Waals surface area (Å²) in [6.07, 6.45) is 0.785. The first-order valence-corrected chi connectivity index (χ1v) is 8.20. The summed E-state index contributed by atoms with van der Waals surface area (Å²) in [6, 6.07) is 8.70. The molecule has 2 unspecified atom stereocenters. The summed E-state index contributed by atoms with van der Waals surface area (Å²) >= 11 is 0. The van der Waals surface area contributed by atoms with Gasteiger partial charge in [-0.05, 0) is 38.2 Å². The van der Waals surface area contributed by atoms with E-state index < -0.39 is 18.1 Å². The number of amides is 1. The SMILES string of the molecule is COC(=O)NC(C(=O)OCc1ccccc1)C1C[C@@H](C)O[C@@H](C)C1. The second kappa shape index (κ2) is 8.68. The van der Waals surface area contributed by atoms with E-state index in [1.165, 1.54) is 7.11 Å². The third-order valence-electron chi connectivity index (χ3n) is 4.14. The first-order chi connectivity index (χ1) is 11.5. The van der Waals surface area contributed by atoms with E-state index in [4.69, 9.17) is 9.47 Å². The van der Waals surface area contributed by atoms with E-state index >= 15 is 0 Å². The van der Waals surface area contributed by atoms with Crippen LogP contribution in [0, 0.1) is 5.92 Å². The van der Waals surface area contributed by atoms with E-state index in [9.17, 15) is 9.59 Å². The van der Waals surface area contributed by atoms with Gasteiger partial charge in [0.25, 0.3) is 0 Å². The molecule has 0 radical (unpaired) electrons. The molecule has 1 aromatic carbocycles. The molecular weight excluding hydrogens is 310 g/mol. The van der Waals surface area contributed by atoms with E-state index in [1.54, 1.807) is 0 Å². The second-order valence-electron chi connectivity index (χ2n) is 6.20.